The molecule has 5 nitrogen and oxygen atoms in total. The molecule has 1 heterocycles. The first-order chi connectivity index (χ1) is 13.6. The monoisotopic (exact) mass is 381 g/mol. The Balaban J connectivity index is 1.34. The van der Waals surface area contributed by atoms with E-state index in [9.17, 15) is 14.0 Å². The maximum absolute atomic E-state index is 14.0. The lowest BCUT2D eigenvalue weighted by atomic mass is 10.00. The van der Waals surface area contributed by atoms with E-state index in [1.807, 2.05) is 18.2 Å². The molecule has 2 aromatic carbocycles. The Labute approximate surface area is 164 Å². The smallest absolute Gasteiger partial charge is 0.318 e. The Morgan fingerprint density at radius 2 is 1.79 bits per heavy atom. The second kappa shape index (κ2) is 8.00. The highest BCUT2D eigenvalue weighted by molar-refractivity contribution is 5.84. The van der Waals surface area contributed by atoms with E-state index in [-0.39, 0.29) is 36.9 Å². The molecule has 2 aromatic rings. The fourth-order valence-corrected chi connectivity index (χ4v) is 3.64. The van der Waals surface area contributed by atoms with Crippen LogP contribution in [-0.4, -0.2) is 40.9 Å². The van der Waals surface area contributed by atoms with E-state index in [0.29, 0.717) is 18.7 Å². The van der Waals surface area contributed by atoms with E-state index >= 15 is 0 Å². The van der Waals surface area contributed by atoms with Crippen LogP contribution in [0.1, 0.15) is 29.5 Å². The molecule has 28 heavy (non-hydrogen) atoms. The highest BCUT2D eigenvalue weighted by atomic mass is 19.1. The molecule has 146 valence electrons. The number of fused-ring (bicyclic) bond motifs is 1. The molecule has 1 N–H and O–H groups in total. The lowest BCUT2D eigenvalue weighted by Gasteiger charge is -2.29. The molecule has 4 rings (SSSR count). The zero-order valence-corrected chi connectivity index (χ0v) is 15.7. The fraction of sp³-hybridized carbons (Fsp3) is 0.364. The Morgan fingerprint density at radius 1 is 1.07 bits per heavy atom. The molecule has 0 radical (unpaired) electrons. The van der Waals surface area contributed by atoms with E-state index in [0.717, 1.165) is 24.8 Å². The van der Waals surface area contributed by atoms with Crippen LogP contribution < -0.4 is 5.32 Å². The van der Waals surface area contributed by atoms with Crippen LogP contribution in [0.4, 0.5) is 9.18 Å². The van der Waals surface area contributed by atoms with Gasteiger partial charge in [0.2, 0.25) is 5.91 Å². The molecule has 0 unspecified atom stereocenters. The number of carbonyl (C=O) groups excluding carboxylic acids is 2. The van der Waals surface area contributed by atoms with E-state index in [4.69, 9.17) is 0 Å². The van der Waals surface area contributed by atoms with Crippen molar-refractivity contribution in [1.29, 1.82) is 0 Å². The predicted octanol–water partition coefficient (Wildman–Crippen LogP) is 3.08. The minimum absolute atomic E-state index is 0.0402. The molecular formula is C22H24FN3O2. The van der Waals surface area contributed by atoms with Crippen LogP contribution in [-0.2, 0) is 24.3 Å². The third kappa shape index (κ3) is 4.16. The standard InChI is InChI=1S/C22H24FN3O2/c23-20-8-4-3-7-18(20)15-26(19-9-10-19)22(28)24-13-21(27)25-12-11-16-5-1-2-6-17(16)14-25/h1-8,19H,9-15H2,(H,24,28). The zero-order chi connectivity index (χ0) is 19.5. The lowest BCUT2D eigenvalue weighted by molar-refractivity contribution is -0.131. The van der Waals surface area contributed by atoms with Crippen LogP contribution in [0.25, 0.3) is 0 Å². The number of rotatable bonds is 5. The quantitative estimate of drug-likeness (QED) is 0.865. The number of urea groups is 1. The Morgan fingerprint density at radius 3 is 2.54 bits per heavy atom. The first-order valence-corrected chi connectivity index (χ1v) is 9.74. The van der Waals surface area contributed by atoms with Crippen LogP contribution in [0.3, 0.4) is 0 Å². The second-order valence-electron chi connectivity index (χ2n) is 7.44. The molecule has 2 aliphatic rings. The summed E-state index contributed by atoms with van der Waals surface area (Å²) >= 11 is 0. The summed E-state index contributed by atoms with van der Waals surface area (Å²) in [6.07, 6.45) is 2.66. The van der Waals surface area contributed by atoms with Gasteiger partial charge in [-0.2, -0.15) is 0 Å². The largest absolute Gasteiger partial charge is 0.336 e. The molecule has 1 saturated carbocycles. The Kier molecular flexibility index (Phi) is 5.28. The van der Waals surface area contributed by atoms with Gasteiger partial charge in [-0.15, -0.1) is 0 Å². The van der Waals surface area contributed by atoms with Gasteiger partial charge in [0.15, 0.2) is 0 Å². The van der Waals surface area contributed by atoms with Gasteiger partial charge < -0.3 is 15.1 Å². The van der Waals surface area contributed by atoms with Crippen LogP contribution in [0, 0.1) is 5.82 Å². The van der Waals surface area contributed by atoms with Crippen molar-refractivity contribution in [3.63, 3.8) is 0 Å². The number of hydrogen-bond donors (Lipinski definition) is 1. The van der Waals surface area contributed by atoms with Crippen molar-refractivity contribution in [2.75, 3.05) is 13.1 Å². The molecular weight excluding hydrogens is 357 g/mol. The van der Waals surface area contributed by atoms with Gasteiger partial charge in [-0.1, -0.05) is 42.5 Å². The van der Waals surface area contributed by atoms with Gasteiger partial charge in [0.25, 0.3) is 0 Å². The normalized spacial score (nSPS) is 15.7. The minimum Gasteiger partial charge on any atom is -0.336 e. The summed E-state index contributed by atoms with van der Waals surface area (Å²) in [4.78, 5) is 28.6. The third-order valence-corrected chi connectivity index (χ3v) is 5.42. The molecule has 0 aromatic heterocycles. The van der Waals surface area contributed by atoms with Crippen molar-refractivity contribution in [2.45, 2.75) is 38.4 Å². The summed E-state index contributed by atoms with van der Waals surface area (Å²) in [5.41, 5.74) is 2.93. The molecule has 0 spiro atoms. The van der Waals surface area contributed by atoms with Crippen molar-refractivity contribution in [3.05, 3.63) is 71.0 Å². The van der Waals surface area contributed by atoms with Crippen molar-refractivity contribution < 1.29 is 14.0 Å². The molecule has 1 aliphatic heterocycles. The van der Waals surface area contributed by atoms with Crippen LogP contribution >= 0.6 is 0 Å². The van der Waals surface area contributed by atoms with Crippen LogP contribution in [0.2, 0.25) is 0 Å². The van der Waals surface area contributed by atoms with Crippen molar-refractivity contribution in [1.82, 2.24) is 15.1 Å². The highest BCUT2D eigenvalue weighted by Crippen LogP contribution is 2.28. The summed E-state index contributed by atoms with van der Waals surface area (Å²) in [5, 5.41) is 2.74. The first-order valence-electron chi connectivity index (χ1n) is 9.74. The molecule has 0 saturated heterocycles. The minimum atomic E-state index is -0.316. The Bertz CT molecular complexity index is 882. The number of amides is 3. The molecule has 0 bridgehead atoms. The molecule has 1 fully saturated rings. The SMILES string of the molecule is O=C(CNC(=O)N(Cc1ccccc1F)C1CC1)N1CCc2ccccc2C1. The number of nitrogens with one attached hydrogen (secondary N) is 1. The number of benzene rings is 2. The first kappa shape index (κ1) is 18.5. The third-order valence-electron chi connectivity index (χ3n) is 5.42. The summed E-state index contributed by atoms with van der Waals surface area (Å²) in [6, 6.07) is 14.4. The summed E-state index contributed by atoms with van der Waals surface area (Å²) in [5.74, 6) is -0.409. The average Bonchev–Trinajstić information content (AvgIpc) is 3.56. The fourth-order valence-electron chi connectivity index (χ4n) is 3.64. The molecule has 3 amide bonds. The van der Waals surface area contributed by atoms with Gasteiger partial charge in [-0.05, 0) is 36.5 Å². The summed E-state index contributed by atoms with van der Waals surface area (Å²) in [6.45, 7) is 1.41. The van der Waals surface area contributed by atoms with Gasteiger partial charge in [0.1, 0.15) is 5.82 Å². The number of nitrogens with zero attached hydrogens (tertiary/aromatic N) is 2. The van der Waals surface area contributed by atoms with Gasteiger partial charge in [-0.25, -0.2) is 9.18 Å². The van der Waals surface area contributed by atoms with E-state index in [2.05, 4.69) is 11.4 Å². The average molecular weight is 381 g/mol. The lowest BCUT2D eigenvalue weighted by Crippen LogP contribution is -2.47. The van der Waals surface area contributed by atoms with E-state index < -0.39 is 0 Å². The maximum Gasteiger partial charge on any atom is 0.318 e. The molecule has 0 atom stereocenters. The number of halogens is 1. The molecule has 1 aliphatic carbocycles. The highest BCUT2D eigenvalue weighted by Gasteiger charge is 2.33. The van der Waals surface area contributed by atoms with Gasteiger partial charge >= 0.3 is 6.03 Å². The topological polar surface area (TPSA) is 52.7 Å². The predicted molar refractivity (Wildman–Crippen MR) is 104 cm³/mol. The van der Waals surface area contributed by atoms with Crippen LogP contribution in [0.15, 0.2) is 48.5 Å². The number of carbonyl (C=O) groups is 2. The van der Waals surface area contributed by atoms with Gasteiger partial charge in [0, 0.05) is 24.7 Å². The summed E-state index contributed by atoms with van der Waals surface area (Å²) in [7, 11) is 0. The Hall–Kier alpha value is -2.89. The van der Waals surface area contributed by atoms with Crippen molar-refractivity contribution in [3.8, 4) is 0 Å². The zero-order valence-electron chi connectivity index (χ0n) is 15.7. The van der Waals surface area contributed by atoms with Gasteiger partial charge in [-0.3, -0.25) is 4.79 Å². The van der Waals surface area contributed by atoms with E-state index in [1.54, 1.807) is 28.0 Å². The summed E-state index contributed by atoms with van der Waals surface area (Å²) < 4.78 is 14.0. The van der Waals surface area contributed by atoms with Crippen molar-refractivity contribution >= 4 is 11.9 Å². The van der Waals surface area contributed by atoms with E-state index in [1.165, 1.54) is 11.6 Å². The maximum atomic E-state index is 14.0. The number of hydrogen-bond acceptors (Lipinski definition) is 2. The second-order valence-corrected chi connectivity index (χ2v) is 7.44. The molecule has 6 heteroatoms. The van der Waals surface area contributed by atoms with Crippen molar-refractivity contribution in [2.24, 2.45) is 0 Å². The van der Waals surface area contributed by atoms with Crippen LogP contribution in [0.5, 0.6) is 0 Å². The van der Waals surface area contributed by atoms with Gasteiger partial charge in [0.05, 0.1) is 13.1 Å².